The van der Waals surface area contributed by atoms with Crippen LogP contribution in [0.2, 0.25) is 0 Å². The van der Waals surface area contributed by atoms with Crippen molar-refractivity contribution in [3.05, 3.63) is 33.9 Å². The number of nitrogens with one attached hydrogen (secondary N) is 1. The zero-order valence-electron chi connectivity index (χ0n) is 14.6. The molecule has 1 atom stereocenters. The molecule has 26 heavy (non-hydrogen) atoms. The Balaban J connectivity index is 2.96. The van der Waals surface area contributed by atoms with Crippen molar-refractivity contribution in [3.63, 3.8) is 0 Å². The number of carbonyl (C=O) groups is 3. The molecule has 1 aromatic carbocycles. The molecule has 0 spiro atoms. The highest BCUT2D eigenvalue weighted by molar-refractivity contribution is 5.86. The van der Waals surface area contributed by atoms with Gasteiger partial charge in [0.25, 0.3) is 5.69 Å². The van der Waals surface area contributed by atoms with Crippen LogP contribution in [0.15, 0.2) is 18.2 Å². The summed E-state index contributed by atoms with van der Waals surface area (Å²) in [4.78, 5) is 45.4. The third-order valence-corrected chi connectivity index (χ3v) is 3.50. The van der Waals surface area contributed by atoms with Crippen molar-refractivity contribution in [1.29, 1.82) is 0 Å². The Labute approximate surface area is 149 Å². The Morgan fingerprint density at radius 3 is 2.38 bits per heavy atom. The summed E-state index contributed by atoms with van der Waals surface area (Å²) in [5, 5.41) is 13.4. The van der Waals surface area contributed by atoms with Crippen LogP contribution in [0.3, 0.4) is 0 Å². The van der Waals surface area contributed by atoms with E-state index < -0.39 is 28.8 Å². The van der Waals surface area contributed by atoms with E-state index in [1.165, 1.54) is 32.4 Å². The molecule has 0 saturated heterocycles. The van der Waals surface area contributed by atoms with E-state index in [1.807, 2.05) is 0 Å². The maximum absolute atomic E-state index is 12.0. The smallest absolute Gasteiger partial charge is 0.328 e. The number of amides is 1. The van der Waals surface area contributed by atoms with E-state index in [0.717, 1.165) is 7.11 Å². The van der Waals surface area contributed by atoms with Crippen LogP contribution in [0.1, 0.15) is 18.4 Å². The van der Waals surface area contributed by atoms with Crippen LogP contribution in [0.4, 0.5) is 5.69 Å². The summed E-state index contributed by atoms with van der Waals surface area (Å²) in [5.74, 6) is -1.52. The van der Waals surface area contributed by atoms with Gasteiger partial charge in [-0.2, -0.15) is 0 Å². The number of rotatable bonds is 9. The lowest BCUT2D eigenvalue weighted by molar-refractivity contribution is -0.384. The number of nitrogens with zero attached hydrogens (tertiary/aromatic N) is 1. The van der Waals surface area contributed by atoms with Gasteiger partial charge in [0, 0.05) is 30.5 Å². The van der Waals surface area contributed by atoms with E-state index in [0.29, 0.717) is 11.3 Å². The molecule has 0 aromatic heterocycles. The topological polar surface area (TPSA) is 134 Å². The van der Waals surface area contributed by atoms with Crippen molar-refractivity contribution >= 4 is 23.5 Å². The number of nitro groups is 1. The van der Waals surface area contributed by atoms with Gasteiger partial charge >= 0.3 is 11.9 Å². The molecule has 1 rings (SSSR count). The number of methoxy groups -OCH3 is 3. The zero-order chi connectivity index (χ0) is 19.7. The molecule has 1 N–H and O–H groups in total. The molecule has 0 aliphatic carbocycles. The third-order valence-electron chi connectivity index (χ3n) is 3.50. The van der Waals surface area contributed by atoms with E-state index in [4.69, 9.17) is 4.74 Å². The van der Waals surface area contributed by atoms with Crippen LogP contribution in [0, 0.1) is 10.1 Å². The van der Waals surface area contributed by atoms with Crippen LogP contribution >= 0.6 is 0 Å². The molecule has 1 aromatic rings. The Morgan fingerprint density at radius 1 is 1.15 bits per heavy atom. The molecular weight excluding hydrogens is 348 g/mol. The van der Waals surface area contributed by atoms with Crippen molar-refractivity contribution in [2.75, 3.05) is 21.3 Å². The molecule has 0 heterocycles. The van der Waals surface area contributed by atoms with Gasteiger partial charge in [0.05, 0.1) is 32.7 Å². The van der Waals surface area contributed by atoms with Gasteiger partial charge in [0.2, 0.25) is 5.91 Å². The fourth-order valence-corrected chi connectivity index (χ4v) is 2.18. The molecule has 0 bridgehead atoms. The first kappa shape index (κ1) is 20.9. The van der Waals surface area contributed by atoms with Gasteiger partial charge < -0.3 is 19.5 Å². The molecule has 10 nitrogen and oxygen atoms in total. The van der Waals surface area contributed by atoms with E-state index in [1.54, 1.807) is 0 Å². The van der Waals surface area contributed by atoms with Gasteiger partial charge in [0.15, 0.2) is 0 Å². The summed E-state index contributed by atoms with van der Waals surface area (Å²) in [6, 6.07) is 2.83. The normalized spacial score (nSPS) is 11.2. The van der Waals surface area contributed by atoms with Crippen LogP contribution < -0.4 is 10.1 Å². The van der Waals surface area contributed by atoms with E-state index in [2.05, 4.69) is 14.8 Å². The fourth-order valence-electron chi connectivity index (χ4n) is 2.18. The van der Waals surface area contributed by atoms with Gasteiger partial charge in [-0.25, -0.2) is 4.79 Å². The lowest BCUT2D eigenvalue weighted by Gasteiger charge is -2.18. The monoisotopic (exact) mass is 368 g/mol. The number of carbonyl (C=O) groups excluding carboxylic acids is 3. The first-order chi connectivity index (χ1) is 12.3. The highest BCUT2D eigenvalue weighted by Gasteiger charge is 2.25. The van der Waals surface area contributed by atoms with Crippen molar-refractivity contribution in [1.82, 2.24) is 5.32 Å². The lowest BCUT2D eigenvalue weighted by Crippen LogP contribution is -2.43. The molecular formula is C16H20N2O8. The molecule has 142 valence electrons. The number of hydrogen-bond acceptors (Lipinski definition) is 8. The van der Waals surface area contributed by atoms with Gasteiger partial charge in [0.1, 0.15) is 11.8 Å². The Bertz CT molecular complexity index is 689. The number of benzene rings is 1. The minimum Gasteiger partial charge on any atom is -0.496 e. The van der Waals surface area contributed by atoms with Crippen LogP contribution in [-0.2, 0) is 30.3 Å². The zero-order valence-corrected chi connectivity index (χ0v) is 14.6. The predicted octanol–water partition coefficient (Wildman–Crippen LogP) is 0.757. The molecule has 0 aliphatic heterocycles. The van der Waals surface area contributed by atoms with Crippen molar-refractivity contribution in [2.45, 2.75) is 25.3 Å². The number of non-ortho nitro benzene ring substituents is 1. The molecule has 1 amide bonds. The maximum atomic E-state index is 12.0. The van der Waals surface area contributed by atoms with Crippen LogP contribution in [0.5, 0.6) is 5.75 Å². The van der Waals surface area contributed by atoms with Crippen LogP contribution in [-0.4, -0.2) is 50.1 Å². The molecule has 0 fully saturated rings. The maximum Gasteiger partial charge on any atom is 0.328 e. The second kappa shape index (κ2) is 9.97. The second-order valence-corrected chi connectivity index (χ2v) is 5.18. The van der Waals surface area contributed by atoms with Crippen molar-refractivity contribution < 1.29 is 33.5 Å². The van der Waals surface area contributed by atoms with Gasteiger partial charge in [-0.1, -0.05) is 0 Å². The summed E-state index contributed by atoms with van der Waals surface area (Å²) in [5.41, 5.74) is 0.173. The van der Waals surface area contributed by atoms with E-state index in [9.17, 15) is 24.5 Å². The summed E-state index contributed by atoms with van der Waals surface area (Å²) in [6.45, 7) is 0. The highest BCUT2D eigenvalue weighted by Crippen LogP contribution is 2.25. The lowest BCUT2D eigenvalue weighted by atomic mass is 10.0. The summed E-state index contributed by atoms with van der Waals surface area (Å²) in [7, 11) is 3.74. The number of ether oxygens (including phenoxy) is 3. The predicted molar refractivity (Wildman–Crippen MR) is 88.5 cm³/mol. The molecule has 0 unspecified atom stereocenters. The second-order valence-electron chi connectivity index (χ2n) is 5.18. The Kier molecular flexibility index (Phi) is 8.00. The number of nitro benzene ring substituents is 1. The average Bonchev–Trinajstić information content (AvgIpc) is 2.64. The van der Waals surface area contributed by atoms with Gasteiger partial charge in [-0.05, 0) is 6.07 Å². The average molecular weight is 368 g/mol. The SMILES string of the molecule is COC(=O)CCC(=O)N[C@@H](Cc1cc([N+](=O)[O-])ccc1OC)C(=O)OC. The molecule has 0 radical (unpaired) electrons. The first-order valence-electron chi connectivity index (χ1n) is 7.57. The molecule has 0 aliphatic rings. The molecule has 10 heteroatoms. The minimum atomic E-state index is -1.10. The summed E-state index contributed by atoms with van der Waals surface area (Å²) < 4.78 is 14.3. The third kappa shape index (κ3) is 6.04. The van der Waals surface area contributed by atoms with E-state index >= 15 is 0 Å². The minimum absolute atomic E-state index is 0.0819. The van der Waals surface area contributed by atoms with Gasteiger partial charge in [-0.15, -0.1) is 0 Å². The quantitative estimate of drug-likeness (QED) is 0.383. The summed E-state index contributed by atoms with van der Waals surface area (Å²) in [6.07, 6.45) is -0.399. The summed E-state index contributed by atoms with van der Waals surface area (Å²) >= 11 is 0. The van der Waals surface area contributed by atoms with Crippen molar-refractivity contribution in [3.8, 4) is 5.75 Å². The number of esters is 2. The van der Waals surface area contributed by atoms with Gasteiger partial charge in [-0.3, -0.25) is 19.7 Å². The Morgan fingerprint density at radius 2 is 1.85 bits per heavy atom. The van der Waals surface area contributed by atoms with Crippen LogP contribution in [0.25, 0.3) is 0 Å². The molecule has 0 saturated carbocycles. The Hall–Kier alpha value is -3.17. The first-order valence-corrected chi connectivity index (χ1v) is 7.57. The van der Waals surface area contributed by atoms with E-state index in [-0.39, 0.29) is 24.9 Å². The fraction of sp³-hybridized carbons (Fsp3) is 0.438. The standard InChI is InChI=1S/C16H20N2O8/c1-24-13-5-4-11(18(22)23)8-10(13)9-12(16(21)26-3)17-14(19)6-7-15(20)25-2/h4-5,8,12H,6-7,9H2,1-3H3,(H,17,19)/t12-/m0/s1. The highest BCUT2D eigenvalue weighted by atomic mass is 16.6. The largest absolute Gasteiger partial charge is 0.496 e. The number of hydrogen-bond donors (Lipinski definition) is 1. The van der Waals surface area contributed by atoms with Crippen molar-refractivity contribution in [2.24, 2.45) is 0 Å².